The van der Waals surface area contributed by atoms with Crippen molar-refractivity contribution in [1.82, 2.24) is 16.0 Å². The first kappa shape index (κ1) is 37.5. The van der Waals surface area contributed by atoms with Crippen LogP contribution in [0.5, 0.6) is 0 Å². The summed E-state index contributed by atoms with van der Waals surface area (Å²) in [5.74, 6) is 0.521. The first-order valence-corrected chi connectivity index (χ1v) is 18.1. The van der Waals surface area contributed by atoms with Crippen LogP contribution < -0.4 is 38.1 Å². The smallest absolute Gasteiger partial charge is 0.381 e. The predicted molar refractivity (Wildman–Crippen MR) is 194 cm³/mol. The Bertz CT molecular complexity index is 1550. The fourth-order valence-corrected chi connectivity index (χ4v) is 7.57. The summed E-state index contributed by atoms with van der Waals surface area (Å²) in [6, 6.07) is 12.9. The normalized spacial score (nSPS) is 21.8. The van der Waals surface area contributed by atoms with E-state index in [0.29, 0.717) is 41.9 Å². The van der Waals surface area contributed by atoms with Crippen molar-refractivity contribution in [2.45, 2.75) is 93.0 Å². The molecular weight excluding hydrogens is 666 g/mol. The molecule has 0 saturated heterocycles. The molecular formula is C36H49F3N8O2S. The number of guanidine groups is 1. The van der Waals surface area contributed by atoms with Crippen molar-refractivity contribution in [1.29, 1.82) is 0 Å². The van der Waals surface area contributed by atoms with Crippen molar-refractivity contribution in [3.05, 3.63) is 77.0 Å². The molecule has 2 aromatic carbocycles. The van der Waals surface area contributed by atoms with Crippen LogP contribution in [0, 0.1) is 5.92 Å². The van der Waals surface area contributed by atoms with Gasteiger partial charge in [-0.2, -0.15) is 13.2 Å². The topological polar surface area (TPSA) is 156 Å². The van der Waals surface area contributed by atoms with E-state index < -0.39 is 11.7 Å². The van der Waals surface area contributed by atoms with Gasteiger partial charge in [0.15, 0.2) is 5.96 Å². The number of ether oxygens (including phenoxy) is 1. The Kier molecular flexibility index (Phi) is 12.8. The Morgan fingerprint density at radius 1 is 1.10 bits per heavy atom. The predicted octanol–water partition coefficient (Wildman–Crippen LogP) is 5.85. The van der Waals surface area contributed by atoms with Crippen LogP contribution in [0.25, 0.3) is 5.70 Å². The molecule has 2 heterocycles. The van der Waals surface area contributed by atoms with E-state index in [0.717, 1.165) is 68.2 Å². The molecule has 1 aliphatic carbocycles. The highest BCUT2D eigenvalue weighted by molar-refractivity contribution is 8.00. The summed E-state index contributed by atoms with van der Waals surface area (Å²) in [4.78, 5) is 19.1. The molecule has 14 heteroatoms. The highest BCUT2D eigenvalue weighted by atomic mass is 32.2. The van der Waals surface area contributed by atoms with Crippen molar-refractivity contribution < 1.29 is 22.7 Å². The fourth-order valence-electron chi connectivity index (χ4n) is 6.90. The third-order valence-electron chi connectivity index (χ3n) is 9.39. The molecule has 0 spiro atoms. The van der Waals surface area contributed by atoms with Crippen molar-refractivity contribution in [2.75, 3.05) is 25.1 Å². The standard InChI is InChI=1S/C36H49F3N8O2S/c1-22(40)5-3-6-23-17-26(19-30(18-23)50-36(37,38)39)31-20-27-21-47(35(48)46-33(27)45-31)28-11-7-24(8-12-28)32(43-15-4-16-44-34(41)42)25-9-13-29(49-2)14-10-25/h7-8,11-12,17-22,25,29,32-33,43,45H,3-6,9-10,13-16,40H2,1-2H3,(H,46,48)(H4,41,42,44)/t22-,25?,29?,32+,33?/m0/s1. The molecule has 9 N–H and O–H groups in total. The van der Waals surface area contributed by atoms with Crippen molar-refractivity contribution in [2.24, 2.45) is 28.1 Å². The lowest BCUT2D eigenvalue weighted by atomic mass is 9.80. The number of alkyl halides is 3. The van der Waals surface area contributed by atoms with Crippen LogP contribution in [-0.4, -0.2) is 56.0 Å². The number of nitrogens with two attached hydrogens (primary N) is 3. The van der Waals surface area contributed by atoms with Gasteiger partial charge in [0.2, 0.25) is 0 Å². The number of carbonyl (C=O) groups excluding carboxylic acids is 1. The van der Waals surface area contributed by atoms with Gasteiger partial charge < -0.3 is 37.9 Å². The maximum atomic E-state index is 13.4. The highest BCUT2D eigenvalue weighted by Gasteiger charge is 2.33. The van der Waals surface area contributed by atoms with Crippen LogP contribution in [0.15, 0.2) is 70.2 Å². The van der Waals surface area contributed by atoms with E-state index in [4.69, 9.17) is 21.9 Å². The van der Waals surface area contributed by atoms with E-state index in [2.05, 4.69) is 33.1 Å². The van der Waals surface area contributed by atoms with E-state index >= 15 is 0 Å². The molecule has 0 radical (unpaired) electrons. The Morgan fingerprint density at radius 2 is 1.84 bits per heavy atom. The van der Waals surface area contributed by atoms with Gasteiger partial charge in [0.1, 0.15) is 6.17 Å². The number of rotatable bonds is 15. The number of nitrogens with zero attached hydrogens (tertiary/aromatic N) is 2. The third kappa shape index (κ3) is 10.4. The second-order valence-electron chi connectivity index (χ2n) is 13.3. The average molecular weight is 715 g/mol. The summed E-state index contributed by atoms with van der Waals surface area (Å²) < 4.78 is 45.7. The first-order chi connectivity index (χ1) is 23.9. The lowest BCUT2D eigenvalue weighted by Gasteiger charge is -2.34. The van der Waals surface area contributed by atoms with Gasteiger partial charge in [-0.15, -0.1) is 0 Å². The number of hydrogen-bond acceptors (Lipinski definition) is 7. The van der Waals surface area contributed by atoms with Gasteiger partial charge in [0.05, 0.1) is 11.8 Å². The second kappa shape index (κ2) is 17.0. The summed E-state index contributed by atoms with van der Waals surface area (Å²) in [5.41, 5.74) is 17.2. The van der Waals surface area contributed by atoms with Crippen LogP contribution in [0.2, 0.25) is 0 Å². The molecule has 0 aromatic heterocycles. The number of anilines is 1. The number of methoxy groups -OCH3 is 1. The summed E-state index contributed by atoms with van der Waals surface area (Å²) in [6.07, 6.45) is 10.5. The number of fused-ring (bicyclic) bond motifs is 1. The zero-order chi connectivity index (χ0) is 35.8. The number of halogens is 3. The molecule has 1 fully saturated rings. The average Bonchev–Trinajstić information content (AvgIpc) is 3.48. The summed E-state index contributed by atoms with van der Waals surface area (Å²) in [5, 5.41) is 10.0. The molecule has 10 nitrogen and oxygen atoms in total. The lowest BCUT2D eigenvalue weighted by Crippen LogP contribution is -2.51. The van der Waals surface area contributed by atoms with Gasteiger partial charge in [-0.25, -0.2) is 4.79 Å². The molecule has 2 aromatic rings. The monoisotopic (exact) mass is 714 g/mol. The van der Waals surface area contributed by atoms with Gasteiger partial charge in [-0.3, -0.25) is 9.89 Å². The van der Waals surface area contributed by atoms with Gasteiger partial charge in [-0.05, 0) is 136 Å². The molecule has 5 rings (SSSR count). The van der Waals surface area contributed by atoms with E-state index in [9.17, 15) is 18.0 Å². The summed E-state index contributed by atoms with van der Waals surface area (Å²) in [7, 11) is 1.77. The van der Waals surface area contributed by atoms with Crippen LogP contribution in [0.1, 0.15) is 74.6 Å². The Labute approximate surface area is 296 Å². The highest BCUT2D eigenvalue weighted by Crippen LogP contribution is 2.40. The maximum absolute atomic E-state index is 13.4. The Morgan fingerprint density at radius 3 is 2.50 bits per heavy atom. The quantitative estimate of drug-likeness (QED) is 0.0581. The molecule has 1 saturated carbocycles. The molecule has 1 unspecified atom stereocenters. The lowest BCUT2D eigenvalue weighted by molar-refractivity contribution is -0.0328. The molecule has 272 valence electrons. The largest absolute Gasteiger partial charge is 0.446 e. The first-order valence-electron chi connectivity index (χ1n) is 17.3. The van der Waals surface area contributed by atoms with E-state index in [1.54, 1.807) is 24.3 Å². The minimum atomic E-state index is -4.41. The van der Waals surface area contributed by atoms with Crippen LogP contribution >= 0.6 is 11.8 Å². The SMILES string of the molecule is COC1CCC([C@H](NCCCN=C(N)N)c2ccc(N3C=C4C=C(c5cc(CCC[C@H](C)N)cc(SC(F)(F)F)c5)NC4NC3=O)cc2)CC1. The number of nitrogens with one attached hydrogen (secondary N) is 3. The van der Waals surface area contributed by atoms with E-state index in [1.165, 1.54) is 6.07 Å². The van der Waals surface area contributed by atoms with Gasteiger partial charge in [0, 0.05) is 48.1 Å². The summed E-state index contributed by atoms with van der Waals surface area (Å²) in [6.45, 7) is 3.22. The number of aliphatic imine (C=N–C) groups is 1. The Balaban J connectivity index is 1.34. The van der Waals surface area contributed by atoms with Crippen molar-refractivity contribution >= 4 is 35.1 Å². The molecule has 3 atom stereocenters. The minimum Gasteiger partial charge on any atom is -0.381 e. The van der Waals surface area contributed by atoms with Crippen LogP contribution in [0.3, 0.4) is 0 Å². The molecule has 50 heavy (non-hydrogen) atoms. The van der Waals surface area contributed by atoms with Crippen molar-refractivity contribution in [3.63, 3.8) is 0 Å². The minimum absolute atomic E-state index is 0.0197. The summed E-state index contributed by atoms with van der Waals surface area (Å²) >= 11 is -0.125. The number of urea groups is 1. The third-order valence-corrected chi connectivity index (χ3v) is 10.1. The van der Waals surface area contributed by atoms with Gasteiger partial charge in [-0.1, -0.05) is 12.1 Å². The van der Waals surface area contributed by atoms with E-state index in [1.807, 2.05) is 31.2 Å². The van der Waals surface area contributed by atoms with E-state index in [-0.39, 0.29) is 40.7 Å². The number of aryl methyl sites for hydroxylation is 1. The maximum Gasteiger partial charge on any atom is 0.446 e. The number of thioether (sulfide) groups is 1. The molecule has 2 amide bonds. The van der Waals surface area contributed by atoms with Gasteiger partial charge in [0.25, 0.3) is 0 Å². The molecule has 3 aliphatic rings. The number of hydrogen-bond donors (Lipinski definition) is 6. The van der Waals surface area contributed by atoms with Crippen molar-refractivity contribution in [3.8, 4) is 0 Å². The second-order valence-corrected chi connectivity index (χ2v) is 14.5. The zero-order valence-electron chi connectivity index (χ0n) is 28.6. The van der Waals surface area contributed by atoms with Crippen LogP contribution in [-0.2, 0) is 11.2 Å². The zero-order valence-corrected chi connectivity index (χ0v) is 29.5. The van der Waals surface area contributed by atoms with Crippen LogP contribution in [0.4, 0.5) is 23.7 Å². The molecule has 0 bridgehead atoms. The number of amides is 2. The Hall–Kier alpha value is -3.72. The number of carbonyl (C=O) groups is 1. The van der Waals surface area contributed by atoms with Gasteiger partial charge >= 0.3 is 11.5 Å². The fraction of sp³-hybridized carbons (Fsp3) is 0.500. The molecule has 2 aliphatic heterocycles. The number of benzene rings is 2.